The highest BCUT2D eigenvalue weighted by Gasteiger charge is 2.41. The molecule has 3 rings (SSSR count). The fourth-order valence-electron chi connectivity index (χ4n) is 3.13. The summed E-state index contributed by atoms with van der Waals surface area (Å²) in [6, 6.07) is -0.224. The maximum Gasteiger partial charge on any atom is 0.490 e. The molecule has 0 fully saturated rings. The molecule has 0 aliphatic heterocycles. The van der Waals surface area contributed by atoms with Crippen molar-refractivity contribution in [2.45, 2.75) is 19.4 Å². The zero-order chi connectivity index (χ0) is 23.2. The van der Waals surface area contributed by atoms with Crippen LogP contribution >= 0.6 is 23.5 Å². The number of phosphoric acid groups is 3. The summed E-state index contributed by atoms with van der Waals surface area (Å²) in [5, 5.41) is 0. The van der Waals surface area contributed by atoms with Crippen molar-refractivity contribution < 1.29 is 46.4 Å². The number of nitrogen functional groups attached to an aromatic ring is 2. The molecule has 16 nitrogen and oxygen atoms in total. The molecule has 2 heterocycles. The van der Waals surface area contributed by atoms with Gasteiger partial charge in [-0.1, -0.05) is 13.0 Å². The molecule has 8 N–H and O–H groups in total. The van der Waals surface area contributed by atoms with Gasteiger partial charge in [0.15, 0.2) is 11.5 Å². The average Bonchev–Trinajstić information content (AvgIpc) is 3.12. The highest BCUT2D eigenvalue weighted by atomic mass is 31.3. The lowest BCUT2D eigenvalue weighted by molar-refractivity contribution is 0.179. The molecule has 2 unspecified atom stereocenters. The van der Waals surface area contributed by atoms with E-state index in [-0.39, 0.29) is 23.7 Å². The van der Waals surface area contributed by atoms with E-state index >= 15 is 0 Å². The number of phosphoric ester groups is 1. The number of hydrogen-bond donors (Lipinski definition) is 6. The fourth-order valence-corrected chi connectivity index (χ4v) is 6.15. The first-order valence-electron chi connectivity index (χ1n) is 8.39. The highest BCUT2D eigenvalue weighted by molar-refractivity contribution is 7.66. The highest BCUT2D eigenvalue weighted by Crippen LogP contribution is 2.66. The summed E-state index contributed by atoms with van der Waals surface area (Å²) >= 11 is 0. The standard InChI is InChI=1S/C12H19N6O10P3/c1-6-2-7(4-26-30(22,23)28-31(24,25)27-29(19,20)21)3-8(6)18-5-15-9-10(13)16-12(14)17-11(9)18/h2,5-6,8H,3-4H2,1H3,(H,22,23)(H,24,25)(H2,19,20,21)(H4,13,14,16,17)/t6-,8+/m0/s1. The molecule has 4 atom stereocenters. The molecule has 0 bridgehead atoms. The van der Waals surface area contributed by atoms with Gasteiger partial charge in [-0.15, -0.1) is 0 Å². The van der Waals surface area contributed by atoms with Crippen molar-refractivity contribution >= 4 is 46.4 Å². The van der Waals surface area contributed by atoms with Gasteiger partial charge < -0.3 is 35.6 Å². The van der Waals surface area contributed by atoms with Gasteiger partial charge in [0.2, 0.25) is 5.95 Å². The zero-order valence-corrected chi connectivity index (χ0v) is 18.4. The van der Waals surface area contributed by atoms with Crippen LogP contribution in [-0.2, 0) is 26.8 Å². The van der Waals surface area contributed by atoms with Gasteiger partial charge in [0, 0.05) is 6.04 Å². The second kappa shape index (κ2) is 8.34. The van der Waals surface area contributed by atoms with Gasteiger partial charge in [-0.25, -0.2) is 18.7 Å². The van der Waals surface area contributed by atoms with Gasteiger partial charge in [-0.05, 0) is 17.9 Å². The Morgan fingerprint density at radius 2 is 1.81 bits per heavy atom. The maximum absolute atomic E-state index is 11.9. The molecule has 1 aliphatic rings. The van der Waals surface area contributed by atoms with Crippen LogP contribution < -0.4 is 11.5 Å². The molecule has 1 aliphatic carbocycles. The van der Waals surface area contributed by atoms with Crippen LogP contribution in [0.5, 0.6) is 0 Å². The predicted molar refractivity (Wildman–Crippen MR) is 105 cm³/mol. The van der Waals surface area contributed by atoms with Gasteiger partial charge in [0.25, 0.3) is 0 Å². The van der Waals surface area contributed by atoms with Crippen molar-refractivity contribution in [2.75, 3.05) is 18.1 Å². The van der Waals surface area contributed by atoms with Crippen LogP contribution in [0.4, 0.5) is 11.8 Å². The van der Waals surface area contributed by atoms with Crippen LogP contribution in [0.15, 0.2) is 18.0 Å². The van der Waals surface area contributed by atoms with Crippen LogP contribution in [0.25, 0.3) is 11.2 Å². The topological polar surface area (TPSA) is 255 Å². The van der Waals surface area contributed by atoms with E-state index in [1.165, 1.54) is 6.33 Å². The van der Waals surface area contributed by atoms with Crippen LogP contribution in [0.1, 0.15) is 19.4 Å². The molecule has 2 aromatic heterocycles. The SMILES string of the molecule is C[C@H]1C=C(COP(=O)(O)OP(=O)(O)OP(=O)(O)O)C[C@H]1n1cnc2c(N)nc(N)nc21. The first kappa shape index (κ1) is 24.0. The third-order valence-electron chi connectivity index (χ3n) is 4.23. The third kappa shape index (κ3) is 5.96. The molecule has 0 radical (unpaired) electrons. The molecular formula is C12H19N6O10P3. The van der Waals surface area contributed by atoms with Crippen LogP contribution in [0.2, 0.25) is 0 Å². The van der Waals surface area contributed by atoms with Crippen molar-refractivity contribution in [3.8, 4) is 0 Å². The number of allylic oxidation sites excluding steroid dienone is 1. The molecule has 0 saturated carbocycles. The zero-order valence-electron chi connectivity index (χ0n) is 15.7. The van der Waals surface area contributed by atoms with Gasteiger partial charge in [-0.2, -0.15) is 18.6 Å². The Kier molecular flexibility index (Phi) is 6.44. The summed E-state index contributed by atoms with van der Waals surface area (Å²) in [6.45, 7) is 1.39. The number of imidazole rings is 1. The summed E-state index contributed by atoms with van der Waals surface area (Å²) in [4.78, 5) is 48.0. The molecule has 0 saturated heterocycles. The average molecular weight is 500 g/mol. The minimum Gasteiger partial charge on any atom is -0.382 e. The molecule has 19 heteroatoms. The van der Waals surface area contributed by atoms with E-state index in [1.54, 1.807) is 10.6 Å². The molecule has 0 amide bonds. The van der Waals surface area contributed by atoms with Gasteiger partial charge in [0.1, 0.15) is 5.52 Å². The van der Waals surface area contributed by atoms with Gasteiger partial charge in [-0.3, -0.25) is 4.52 Å². The summed E-state index contributed by atoms with van der Waals surface area (Å²) in [6.07, 6.45) is 3.58. The van der Waals surface area contributed by atoms with Crippen molar-refractivity contribution in [2.24, 2.45) is 5.92 Å². The first-order chi connectivity index (χ1) is 14.2. The van der Waals surface area contributed by atoms with Crippen molar-refractivity contribution in [3.63, 3.8) is 0 Å². The van der Waals surface area contributed by atoms with Crippen LogP contribution in [0, 0.1) is 5.92 Å². The number of nitrogens with two attached hydrogens (primary N) is 2. The summed E-state index contributed by atoms with van der Waals surface area (Å²) in [7, 11) is -16.2. The number of nitrogens with zero attached hydrogens (tertiary/aromatic N) is 4. The third-order valence-corrected chi connectivity index (χ3v) is 8.01. The Morgan fingerprint density at radius 3 is 2.45 bits per heavy atom. The number of aromatic nitrogens is 4. The molecule has 0 spiro atoms. The molecule has 172 valence electrons. The number of anilines is 2. The van der Waals surface area contributed by atoms with Crippen LogP contribution in [0.3, 0.4) is 0 Å². The van der Waals surface area contributed by atoms with Gasteiger partial charge >= 0.3 is 23.5 Å². The van der Waals surface area contributed by atoms with E-state index in [0.29, 0.717) is 23.2 Å². The monoisotopic (exact) mass is 500 g/mol. The van der Waals surface area contributed by atoms with Gasteiger partial charge in [0.05, 0.1) is 12.9 Å². The quantitative estimate of drug-likeness (QED) is 0.217. The Balaban J connectivity index is 1.68. The molecule has 2 aromatic rings. The fraction of sp³-hybridized carbons (Fsp3) is 0.417. The summed E-state index contributed by atoms with van der Waals surface area (Å²) in [5.74, 6) is -0.0136. The lowest BCUT2D eigenvalue weighted by atomic mass is 10.1. The van der Waals surface area contributed by atoms with Crippen molar-refractivity contribution in [3.05, 3.63) is 18.0 Å². The van der Waals surface area contributed by atoms with E-state index in [1.807, 2.05) is 6.92 Å². The van der Waals surface area contributed by atoms with E-state index in [4.69, 9.17) is 21.3 Å². The van der Waals surface area contributed by atoms with Crippen molar-refractivity contribution in [1.29, 1.82) is 0 Å². The van der Waals surface area contributed by atoms with Crippen molar-refractivity contribution in [1.82, 2.24) is 19.5 Å². The Hall–Kier alpha value is -1.70. The van der Waals surface area contributed by atoms with E-state index in [0.717, 1.165) is 0 Å². The minimum atomic E-state index is -5.57. The first-order valence-corrected chi connectivity index (χ1v) is 12.9. The Morgan fingerprint density at radius 1 is 1.13 bits per heavy atom. The van der Waals surface area contributed by atoms with E-state index in [9.17, 15) is 23.5 Å². The number of rotatable bonds is 8. The van der Waals surface area contributed by atoms with Crippen LogP contribution in [-0.4, -0.2) is 45.7 Å². The minimum absolute atomic E-state index is 0.0294. The van der Waals surface area contributed by atoms with E-state index in [2.05, 4.69) is 28.1 Å². The molecule has 0 aromatic carbocycles. The largest absolute Gasteiger partial charge is 0.490 e. The molecule has 31 heavy (non-hydrogen) atoms. The van der Waals surface area contributed by atoms with E-state index < -0.39 is 30.1 Å². The lowest BCUT2D eigenvalue weighted by Gasteiger charge is -2.18. The maximum atomic E-state index is 11.9. The number of hydrogen-bond acceptors (Lipinski definition) is 11. The normalized spacial score (nSPS) is 23.5. The Bertz CT molecular complexity index is 1180. The summed E-state index contributed by atoms with van der Waals surface area (Å²) in [5.41, 5.74) is 12.8. The predicted octanol–water partition coefficient (Wildman–Crippen LogP) is 0.841. The Labute approximate surface area is 174 Å². The lowest BCUT2D eigenvalue weighted by Crippen LogP contribution is -2.13. The second-order valence-electron chi connectivity index (χ2n) is 6.61. The smallest absolute Gasteiger partial charge is 0.382 e. The molecular weight excluding hydrogens is 481 g/mol. The second-order valence-corrected chi connectivity index (χ2v) is 11.0. The summed E-state index contributed by atoms with van der Waals surface area (Å²) < 4.78 is 47.7. The number of fused-ring (bicyclic) bond motifs is 1.